The van der Waals surface area contributed by atoms with Gasteiger partial charge in [-0.2, -0.15) is 0 Å². The molecule has 0 spiro atoms. The zero-order valence-corrected chi connectivity index (χ0v) is 12.8. The first-order valence-electron chi connectivity index (χ1n) is 6.58. The Bertz CT molecular complexity index is 509. The van der Waals surface area contributed by atoms with E-state index in [2.05, 4.69) is 16.5 Å². The maximum Gasteiger partial charge on any atom is 0.241 e. The first-order valence-corrected chi connectivity index (χ1v) is 8.94. The molecule has 1 heterocycles. The van der Waals surface area contributed by atoms with Crippen molar-refractivity contribution in [3.05, 3.63) is 16.3 Å². The van der Waals surface area contributed by atoms with Gasteiger partial charge in [0.05, 0.1) is 4.90 Å². The second kappa shape index (κ2) is 6.32. The zero-order chi connectivity index (χ0) is 13.9. The van der Waals surface area contributed by atoms with Crippen molar-refractivity contribution in [1.29, 1.82) is 0 Å². The maximum atomic E-state index is 12.1. The number of nitrogens with zero attached hydrogens (tertiary/aromatic N) is 1. The molecule has 0 unspecified atom stereocenters. The van der Waals surface area contributed by atoms with E-state index in [0.29, 0.717) is 24.0 Å². The SMILES string of the molecule is CCN(CCNS(=O)(=O)c1csc(CN)c1)C1CC1. The molecule has 0 saturated heterocycles. The van der Waals surface area contributed by atoms with Gasteiger partial charge in [0, 0.05) is 35.9 Å². The van der Waals surface area contributed by atoms with E-state index in [1.54, 1.807) is 11.4 Å². The van der Waals surface area contributed by atoms with E-state index in [9.17, 15) is 8.42 Å². The molecule has 0 bridgehead atoms. The van der Waals surface area contributed by atoms with Gasteiger partial charge in [-0.05, 0) is 25.5 Å². The van der Waals surface area contributed by atoms with Crippen molar-refractivity contribution in [1.82, 2.24) is 9.62 Å². The average molecular weight is 303 g/mol. The van der Waals surface area contributed by atoms with Gasteiger partial charge in [-0.15, -0.1) is 11.3 Å². The highest BCUT2D eigenvalue weighted by Gasteiger charge is 2.27. The highest BCUT2D eigenvalue weighted by Crippen LogP contribution is 2.26. The van der Waals surface area contributed by atoms with Crippen LogP contribution < -0.4 is 10.5 Å². The van der Waals surface area contributed by atoms with Gasteiger partial charge in [0.25, 0.3) is 0 Å². The lowest BCUT2D eigenvalue weighted by Gasteiger charge is -2.19. The number of likely N-dealkylation sites (N-methyl/N-ethyl adjacent to an activating group) is 1. The van der Waals surface area contributed by atoms with Gasteiger partial charge in [0.2, 0.25) is 10.0 Å². The van der Waals surface area contributed by atoms with Crippen molar-refractivity contribution >= 4 is 21.4 Å². The average Bonchev–Trinajstić information content (AvgIpc) is 3.10. The van der Waals surface area contributed by atoms with Crippen LogP contribution in [0.1, 0.15) is 24.6 Å². The topological polar surface area (TPSA) is 75.4 Å². The largest absolute Gasteiger partial charge is 0.326 e. The molecule has 7 heteroatoms. The Morgan fingerprint density at radius 1 is 1.53 bits per heavy atom. The summed E-state index contributed by atoms with van der Waals surface area (Å²) in [6.07, 6.45) is 2.48. The van der Waals surface area contributed by atoms with Crippen LogP contribution in [0.5, 0.6) is 0 Å². The first kappa shape index (κ1) is 14.9. The Morgan fingerprint density at radius 3 is 2.79 bits per heavy atom. The zero-order valence-electron chi connectivity index (χ0n) is 11.1. The Labute approximate surface area is 118 Å². The molecule has 1 saturated carbocycles. The van der Waals surface area contributed by atoms with Gasteiger partial charge in [0.1, 0.15) is 0 Å². The second-order valence-electron chi connectivity index (χ2n) is 4.71. The van der Waals surface area contributed by atoms with Crippen LogP contribution in [0.2, 0.25) is 0 Å². The third kappa shape index (κ3) is 4.00. The van der Waals surface area contributed by atoms with E-state index in [0.717, 1.165) is 18.0 Å². The quantitative estimate of drug-likeness (QED) is 0.750. The van der Waals surface area contributed by atoms with E-state index in [4.69, 9.17) is 5.73 Å². The highest BCUT2D eigenvalue weighted by molar-refractivity contribution is 7.89. The minimum Gasteiger partial charge on any atom is -0.326 e. The molecule has 0 amide bonds. The van der Waals surface area contributed by atoms with Crippen LogP contribution in [-0.2, 0) is 16.6 Å². The number of thiophene rings is 1. The normalized spacial score (nSPS) is 16.2. The third-order valence-electron chi connectivity index (χ3n) is 3.30. The highest BCUT2D eigenvalue weighted by atomic mass is 32.2. The van der Waals surface area contributed by atoms with E-state index >= 15 is 0 Å². The molecule has 0 aromatic carbocycles. The van der Waals surface area contributed by atoms with Crippen molar-refractivity contribution in [2.75, 3.05) is 19.6 Å². The molecule has 1 aliphatic rings. The lowest BCUT2D eigenvalue weighted by molar-refractivity contribution is 0.282. The summed E-state index contributed by atoms with van der Waals surface area (Å²) in [5.74, 6) is 0. The summed E-state index contributed by atoms with van der Waals surface area (Å²) < 4.78 is 26.8. The Balaban J connectivity index is 1.86. The summed E-state index contributed by atoms with van der Waals surface area (Å²) in [5, 5.41) is 1.64. The summed E-state index contributed by atoms with van der Waals surface area (Å²) in [7, 11) is -3.38. The van der Waals surface area contributed by atoms with Crippen LogP contribution in [0.3, 0.4) is 0 Å². The molecule has 108 valence electrons. The van der Waals surface area contributed by atoms with Gasteiger partial charge in [-0.3, -0.25) is 4.90 Å². The summed E-state index contributed by atoms with van der Waals surface area (Å²) in [5.41, 5.74) is 5.49. The maximum absolute atomic E-state index is 12.1. The summed E-state index contributed by atoms with van der Waals surface area (Å²) in [6.45, 7) is 4.70. The molecule has 2 rings (SSSR count). The molecular formula is C12H21N3O2S2. The fourth-order valence-corrected chi connectivity index (χ4v) is 4.23. The van der Waals surface area contributed by atoms with Gasteiger partial charge in [0.15, 0.2) is 0 Å². The van der Waals surface area contributed by atoms with Crippen LogP contribution in [0.15, 0.2) is 16.3 Å². The van der Waals surface area contributed by atoms with Crippen molar-refractivity contribution in [3.8, 4) is 0 Å². The number of hydrogen-bond acceptors (Lipinski definition) is 5. The van der Waals surface area contributed by atoms with Gasteiger partial charge in [-0.1, -0.05) is 6.92 Å². The van der Waals surface area contributed by atoms with Crippen LogP contribution in [0, 0.1) is 0 Å². The minimum absolute atomic E-state index is 0.326. The fourth-order valence-electron chi connectivity index (χ4n) is 2.05. The van der Waals surface area contributed by atoms with Crippen molar-refractivity contribution in [3.63, 3.8) is 0 Å². The number of hydrogen-bond donors (Lipinski definition) is 2. The van der Waals surface area contributed by atoms with Crippen molar-refractivity contribution in [2.45, 2.75) is 37.2 Å². The predicted molar refractivity (Wildman–Crippen MR) is 77.7 cm³/mol. The van der Waals surface area contributed by atoms with Crippen molar-refractivity contribution < 1.29 is 8.42 Å². The summed E-state index contributed by atoms with van der Waals surface area (Å²) in [6, 6.07) is 2.31. The number of sulfonamides is 1. The van der Waals surface area contributed by atoms with Crippen LogP contribution in [0.4, 0.5) is 0 Å². The van der Waals surface area contributed by atoms with Crippen LogP contribution in [0.25, 0.3) is 0 Å². The third-order valence-corrected chi connectivity index (χ3v) is 5.85. The van der Waals surface area contributed by atoms with Crippen LogP contribution in [-0.4, -0.2) is 39.0 Å². The second-order valence-corrected chi connectivity index (χ2v) is 7.47. The molecule has 0 aliphatic heterocycles. The van der Waals surface area contributed by atoms with E-state index in [1.807, 2.05) is 0 Å². The molecule has 0 atom stereocenters. The molecule has 0 radical (unpaired) electrons. The summed E-state index contributed by atoms with van der Waals surface area (Å²) >= 11 is 1.38. The van der Waals surface area contributed by atoms with Crippen LogP contribution >= 0.6 is 11.3 Å². The monoisotopic (exact) mass is 303 g/mol. The van der Waals surface area contributed by atoms with Crippen molar-refractivity contribution in [2.24, 2.45) is 5.73 Å². The molecule has 5 nitrogen and oxygen atoms in total. The number of rotatable bonds is 8. The van der Waals surface area contributed by atoms with E-state index < -0.39 is 10.0 Å². The fraction of sp³-hybridized carbons (Fsp3) is 0.667. The Morgan fingerprint density at radius 2 is 2.26 bits per heavy atom. The molecule has 1 aromatic rings. The van der Waals surface area contributed by atoms with E-state index in [-0.39, 0.29) is 0 Å². The smallest absolute Gasteiger partial charge is 0.241 e. The lowest BCUT2D eigenvalue weighted by Crippen LogP contribution is -2.36. The Kier molecular flexibility index (Phi) is 4.97. The molecular weight excluding hydrogens is 282 g/mol. The molecule has 19 heavy (non-hydrogen) atoms. The Hall–Kier alpha value is -0.470. The number of nitrogens with two attached hydrogens (primary N) is 1. The molecule has 1 fully saturated rings. The van der Waals surface area contributed by atoms with Gasteiger partial charge >= 0.3 is 0 Å². The lowest BCUT2D eigenvalue weighted by atomic mass is 10.4. The standard InChI is InChI=1S/C12H21N3O2S2/c1-2-15(10-3-4-10)6-5-14-19(16,17)12-7-11(8-13)18-9-12/h7,9-10,14H,2-6,8,13H2,1H3. The molecule has 3 N–H and O–H groups in total. The van der Waals surface area contributed by atoms with Gasteiger partial charge < -0.3 is 5.73 Å². The van der Waals surface area contributed by atoms with Gasteiger partial charge in [-0.25, -0.2) is 13.1 Å². The van der Waals surface area contributed by atoms with E-state index in [1.165, 1.54) is 24.2 Å². The number of nitrogens with one attached hydrogen (secondary N) is 1. The summed E-state index contributed by atoms with van der Waals surface area (Å²) in [4.78, 5) is 3.53. The molecule has 1 aliphatic carbocycles. The molecule has 1 aromatic heterocycles. The first-order chi connectivity index (χ1) is 9.06. The predicted octanol–water partition coefficient (Wildman–Crippen LogP) is 0.969. The minimum atomic E-state index is -3.38.